The number of halogens is 2. The summed E-state index contributed by atoms with van der Waals surface area (Å²) in [7, 11) is 0. The van der Waals surface area contributed by atoms with E-state index in [4.69, 9.17) is 33.7 Å². The lowest BCUT2D eigenvalue weighted by Gasteiger charge is -2.31. The molecule has 1 aromatic carbocycles. The van der Waals surface area contributed by atoms with E-state index in [0.717, 1.165) is 36.3 Å². The van der Waals surface area contributed by atoms with Crippen molar-refractivity contribution in [1.29, 1.82) is 0 Å². The molecule has 1 aromatic rings. The van der Waals surface area contributed by atoms with Crippen LogP contribution in [-0.2, 0) is 11.2 Å². The van der Waals surface area contributed by atoms with Gasteiger partial charge in [-0.2, -0.15) is 0 Å². The largest absolute Gasteiger partial charge is 0.373 e. The van der Waals surface area contributed by atoms with Gasteiger partial charge in [0.15, 0.2) is 0 Å². The summed E-state index contributed by atoms with van der Waals surface area (Å²) in [4.78, 5) is 0. The van der Waals surface area contributed by atoms with Crippen LogP contribution in [0, 0.1) is 0 Å². The Morgan fingerprint density at radius 3 is 2.82 bits per heavy atom. The summed E-state index contributed by atoms with van der Waals surface area (Å²) < 4.78 is 5.83. The molecule has 2 aliphatic heterocycles. The molecule has 2 nitrogen and oxygen atoms in total. The maximum Gasteiger partial charge on any atom is 0.0763 e. The molecule has 2 N–H and O–H groups in total. The highest BCUT2D eigenvalue weighted by Gasteiger charge is 2.49. The zero-order chi connectivity index (χ0) is 12.0. The van der Waals surface area contributed by atoms with Crippen molar-refractivity contribution >= 4 is 23.2 Å². The molecule has 0 radical (unpaired) electrons. The molecule has 3 unspecified atom stereocenters. The molecule has 3 rings (SSSR count). The average Bonchev–Trinajstić information content (AvgIpc) is 2.83. The SMILES string of the molecule is NC1(Cc2cc(Cl)ccc2Cl)CC2CCC1O2. The van der Waals surface area contributed by atoms with Gasteiger partial charge in [0.05, 0.1) is 12.2 Å². The highest BCUT2D eigenvalue weighted by atomic mass is 35.5. The fourth-order valence-corrected chi connectivity index (χ4v) is 3.43. The molecule has 4 heteroatoms. The molecule has 2 bridgehead atoms. The van der Waals surface area contributed by atoms with Gasteiger partial charge < -0.3 is 10.5 Å². The van der Waals surface area contributed by atoms with E-state index in [1.807, 2.05) is 12.1 Å². The van der Waals surface area contributed by atoms with Gasteiger partial charge in [-0.3, -0.25) is 0 Å². The van der Waals surface area contributed by atoms with E-state index >= 15 is 0 Å². The lowest BCUT2D eigenvalue weighted by atomic mass is 9.78. The van der Waals surface area contributed by atoms with Crippen LogP contribution in [0.2, 0.25) is 10.0 Å². The van der Waals surface area contributed by atoms with Crippen LogP contribution in [0.25, 0.3) is 0 Å². The highest BCUT2D eigenvalue weighted by Crippen LogP contribution is 2.42. The third kappa shape index (κ3) is 2.08. The van der Waals surface area contributed by atoms with Crippen molar-refractivity contribution in [2.24, 2.45) is 5.73 Å². The molecule has 0 amide bonds. The van der Waals surface area contributed by atoms with Gasteiger partial charge in [0.25, 0.3) is 0 Å². The molecular formula is C13H15Cl2NO. The van der Waals surface area contributed by atoms with Crippen LogP contribution in [-0.4, -0.2) is 17.7 Å². The van der Waals surface area contributed by atoms with Gasteiger partial charge in [0, 0.05) is 15.6 Å². The lowest BCUT2D eigenvalue weighted by molar-refractivity contribution is 0.0856. The van der Waals surface area contributed by atoms with E-state index < -0.39 is 0 Å². The Morgan fingerprint density at radius 2 is 2.18 bits per heavy atom. The van der Waals surface area contributed by atoms with Crippen molar-refractivity contribution in [2.45, 2.75) is 43.4 Å². The molecule has 2 saturated heterocycles. The summed E-state index contributed by atoms with van der Waals surface area (Å²) in [6.07, 6.45) is 4.42. The Labute approximate surface area is 111 Å². The zero-order valence-corrected chi connectivity index (χ0v) is 11.0. The number of nitrogens with two attached hydrogens (primary N) is 1. The standard InChI is InChI=1S/C13H15Cl2NO/c14-9-1-3-11(15)8(5-9)6-13(16)7-10-2-4-12(13)17-10/h1,3,5,10,12H,2,4,6-7,16H2. The molecule has 2 heterocycles. The fraction of sp³-hybridized carbons (Fsp3) is 0.538. The van der Waals surface area contributed by atoms with Crippen molar-refractivity contribution < 1.29 is 4.74 Å². The van der Waals surface area contributed by atoms with Gasteiger partial charge >= 0.3 is 0 Å². The Kier molecular flexibility index (Phi) is 2.86. The Balaban J connectivity index is 1.85. The molecule has 0 spiro atoms. The van der Waals surface area contributed by atoms with E-state index in [9.17, 15) is 0 Å². The first-order valence-electron chi connectivity index (χ1n) is 5.95. The first-order chi connectivity index (χ1) is 8.07. The Morgan fingerprint density at radius 1 is 1.35 bits per heavy atom. The van der Waals surface area contributed by atoms with Crippen LogP contribution >= 0.6 is 23.2 Å². The van der Waals surface area contributed by atoms with E-state index in [1.54, 1.807) is 6.07 Å². The van der Waals surface area contributed by atoms with Crippen LogP contribution in [0.15, 0.2) is 18.2 Å². The normalized spacial score (nSPS) is 35.5. The second kappa shape index (κ2) is 4.13. The number of hydrogen-bond acceptors (Lipinski definition) is 2. The van der Waals surface area contributed by atoms with Gasteiger partial charge in [0.1, 0.15) is 0 Å². The first kappa shape index (κ1) is 11.8. The molecule has 92 valence electrons. The number of ether oxygens (including phenoxy) is 1. The third-order valence-electron chi connectivity index (χ3n) is 3.88. The number of hydrogen-bond donors (Lipinski definition) is 1. The molecule has 3 atom stereocenters. The minimum Gasteiger partial charge on any atom is -0.373 e. The summed E-state index contributed by atoms with van der Waals surface area (Å²) in [6.45, 7) is 0. The van der Waals surface area contributed by atoms with Gasteiger partial charge in [-0.1, -0.05) is 23.2 Å². The summed E-state index contributed by atoms with van der Waals surface area (Å²) in [5.74, 6) is 0. The van der Waals surface area contributed by atoms with Crippen LogP contribution in [0.1, 0.15) is 24.8 Å². The summed E-state index contributed by atoms with van der Waals surface area (Å²) in [5, 5.41) is 1.44. The zero-order valence-electron chi connectivity index (χ0n) is 9.46. The number of rotatable bonds is 2. The summed E-state index contributed by atoms with van der Waals surface area (Å²) >= 11 is 12.2. The van der Waals surface area contributed by atoms with Gasteiger partial charge in [-0.05, 0) is 49.4 Å². The predicted molar refractivity (Wildman–Crippen MR) is 69.6 cm³/mol. The lowest BCUT2D eigenvalue weighted by Crippen LogP contribution is -2.50. The van der Waals surface area contributed by atoms with Gasteiger partial charge in [0.2, 0.25) is 0 Å². The van der Waals surface area contributed by atoms with Crippen molar-refractivity contribution in [3.8, 4) is 0 Å². The summed E-state index contributed by atoms with van der Waals surface area (Å²) in [5.41, 5.74) is 7.23. The quantitative estimate of drug-likeness (QED) is 0.897. The molecule has 17 heavy (non-hydrogen) atoms. The van der Waals surface area contributed by atoms with Crippen molar-refractivity contribution in [1.82, 2.24) is 0 Å². The maximum absolute atomic E-state index is 6.47. The first-order valence-corrected chi connectivity index (χ1v) is 6.71. The van der Waals surface area contributed by atoms with Crippen LogP contribution in [0.5, 0.6) is 0 Å². The summed E-state index contributed by atoms with van der Waals surface area (Å²) in [6, 6.07) is 5.54. The Hall–Kier alpha value is -0.280. The monoisotopic (exact) mass is 271 g/mol. The van der Waals surface area contributed by atoms with Crippen LogP contribution < -0.4 is 5.73 Å². The topological polar surface area (TPSA) is 35.2 Å². The molecule has 0 saturated carbocycles. The molecular weight excluding hydrogens is 257 g/mol. The third-order valence-corrected chi connectivity index (χ3v) is 4.49. The smallest absolute Gasteiger partial charge is 0.0763 e. The minimum absolute atomic E-state index is 0.183. The van der Waals surface area contributed by atoms with Crippen LogP contribution in [0.3, 0.4) is 0 Å². The van der Waals surface area contributed by atoms with Crippen molar-refractivity contribution in [2.75, 3.05) is 0 Å². The van der Waals surface area contributed by atoms with E-state index in [1.165, 1.54) is 0 Å². The minimum atomic E-state index is -0.267. The number of fused-ring (bicyclic) bond motifs is 2. The fourth-order valence-electron chi connectivity index (χ4n) is 3.05. The van der Waals surface area contributed by atoms with Crippen molar-refractivity contribution in [3.63, 3.8) is 0 Å². The Bertz CT molecular complexity index is 451. The highest BCUT2D eigenvalue weighted by molar-refractivity contribution is 6.33. The van der Waals surface area contributed by atoms with Gasteiger partial charge in [-0.15, -0.1) is 0 Å². The molecule has 2 aliphatic rings. The molecule has 0 aromatic heterocycles. The second-order valence-corrected chi connectivity index (χ2v) is 6.02. The second-order valence-electron chi connectivity index (χ2n) is 5.17. The number of benzene rings is 1. The van der Waals surface area contributed by atoms with Crippen molar-refractivity contribution in [3.05, 3.63) is 33.8 Å². The molecule has 0 aliphatic carbocycles. The van der Waals surface area contributed by atoms with E-state index in [-0.39, 0.29) is 11.6 Å². The average molecular weight is 272 g/mol. The molecule has 2 fully saturated rings. The van der Waals surface area contributed by atoms with Gasteiger partial charge in [-0.25, -0.2) is 0 Å². The maximum atomic E-state index is 6.47. The van der Waals surface area contributed by atoms with Crippen LogP contribution in [0.4, 0.5) is 0 Å². The van der Waals surface area contributed by atoms with E-state index in [0.29, 0.717) is 11.1 Å². The predicted octanol–water partition coefficient (Wildman–Crippen LogP) is 3.18. The van der Waals surface area contributed by atoms with E-state index in [2.05, 4.69) is 0 Å².